The lowest BCUT2D eigenvalue weighted by Crippen LogP contribution is -2.17. The molecule has 4 heteroatoms. The number of benzene rings is 1. The lowest BCUT2D eigenvalue weighted by atomic mass is 9.99. The van der Waals surface area contributed by atoms with Crippen LogP contribution in [-0.4, -0.2) is 24.1 Å². The molecule has 0 aromatic heterocycles. The third-order valence-electron chi connectivity index (χ3n) is 3.13. The first-order chi connectivity index (χ1) is 10.1. The Morgan fingerprint density at radius 2 is 1.95 bits per heavy atom. The van der Waals surface area contributed by atoms with Crippen molar-refractivity contribution in [2.45, 2.75) is 39.2 Å². The van der Waals surface area contributed by atoms with Crippen LogP contribution in [0, 0.1) is 0 Å². The molecule has 1 aromatic carbocycles. The average Bonchev–Trinajstić information content (AvgIpc) is 2.48. The fourth-order valence-electron chi connectivity index (χ4n) is 2.14. The zero-order chi connectivity index (χ0) is 15.2. The Balaban J connectivity index is 2.18. The second kappa shape index (κ2) is 6.97. The van der Waals surface area contributed by atoms with Gasteiger partial charge in [0, 0.05) is 11.8 Å². The van der Waals surface area contributed by atoms with Gasteiger partial charge in [0.1, 0.15) is 0 Å². The third kappa shape index (κ3) is 4.12. The molecule has 0 fully saturated rings. The van der Waals surface area contributed by atoms with Crippen LogP contribution < -0.4 is 0 Å². The summed E-state index contributed by atoms with van der Waals surface area (Å²) in [4.78, 5) is 28.6. The first-order valence-electron chi connectivity index (χ1n) is 7.11. The molecule has 0 aliphatic carbocycles. The SMILES string of the molecule is CC(C)OC(=O)C1=C(CC(=O)c2ccccc2)N=CCC1. The third-order valence-corrected chi connectivity index (χ3v) is 3.13. The van der Waals surface area contributed by atoms with Crippen molar-refractivity contribution < 1.29 is 14.3 Å². The number of allylic oxidation sites excluding steroid dienone is 1. The van der Waals surface area contributed by atoms with Crippen LogP contribution in [0.25, 0.3) is 0 Å². The lowest BCUT2D eigenvalue weighted by Gasteiger charge is -2.15. The number of aliphatic imine (C=N–C) groups is 1. The minimum absolute atomic E-state index is 0.0421. The monoisotopic (exact) mass is 285 g/mol. The van der Waals surface area contributed by atoms with Gasteiger partial charge in [0.15, 0.2) is 5.78 Å². The van der Waals surface area contributed by atoms with Crippen LogP contribution in [0.2, 0.25) is 0 Å². The van der Waals surface area contributed by atoms with E-state index in [0.29, 0.717) is 29.7 Å². The van der Waals surface area contributed by atoms with E-state index in [1.165, 1.54) is 0 Å². The van der Waals surface area contributed by atoms with Crippen LogP contribution in [0.3, 0.4) is 0 Å². The Labute approximate surface area is 124 Å². The predicted molar refractivity (Wildman–Crippen MR) is 81.4 cm³/mol. The van der Waals surface area contributed by atoms with Gasteiger partial charge < -0.3 is 4.74 Å². The van der Waals surface area contributed by atoms with Crippen LogP contribution >= 0.6 is 0 Å². The fourth-order valence-corrected chi connectivity index (χ4v) is 2.14. The summed E-state index contributed by atoms with van der Waals surface area (Å²) in [5, 5.41) is 0. The Hall–Kier alpha value is -2.23. The molecule has 0 bridgehead atoms. The maximum absolute atomic E-state index is 12.2. The number of hydrogen-bond acceptors (Lipinski definition) is 4. The van der Waals surface area contributed by atoms with Gasteiger partial charge in [0.25, 0.3) is 0 Å². The van der Waals surface area contributed by atoms with E-state index in [9.17, 15) is 9.59 Å². The number of carbonyl (C=O) groups is 2. The number of rotatable bonds is 5. The van der Waals surface area contributed by atoms with Crippen LogP contribution in [-0.2, 0) is 9.53 Å². The van der Waals surface area contributed by atoms with E-state index in [0.717, 1.165) is 0 Å². The van der Waals surface area contributed by atoms with Crippen LogP contribution in [0.4, 0.5) is 0 Å². The molecule has 1 aliphatic rings. The largest absolute Gasteiger partial charge is 0.460 e. The topological polar surface area (TPSA) is 55.7 Å². The highest BCUT2D eigenvalue weighted by Crippen LogP contribution is 2.23. The van der Waals surface area contributed by atoms with E-state index in [2.05, 4.69) is 4.99 Å². The number of nitrogens with zero attached hydrogens (tertiary/aromatic N) is 1. The van der Waals surface area contributed by atoms with Gasteiger partial charge in [-0.1, -0.05) is 30.3 Å². The molecular formula is C17H19NO3. The van der Waals surface area contributed by atoms with Crippen molar-refractivity contribution in [3.8, 4) is 0 Å². The number of ether oxygens (including phenoxy) is 1. The first kappa shape index (κ1) is 15.2. The molecule has 4 nitrogen and oxygen atoms in total. The van der Waals surface area contributed by atoms with E-state index < -0.39 is 0 Å². The standard InChI is InChI=1S/C17H19NO3/c1-12(2)21-17(20)14-9-6-10-18-15(14)11-16(19)13-7-4-3-5-8-13/h3-5,7-8,10,12H,6,9,11H2,1-2H3. The van der Waals surface area contributed by atoms with E-state index in [4.69, 9.17) is 4.74 Å². The van der Waals surface area contributed by atoms with Gasteiger partial charge in [-0.25, -0.2) is 4.79 Å². The van der Waals surface area contributed by atoms with Crippen molar-refractivity contribution in [1.82, 2.24) is 0 Å². The molecule has 0 spiro atoms. The Morgan fingerprint density at radius 1 is 1.24 bits per heavy atom. The van der Waals surface area contributed by atoms with Crippen molar-refractivity contribution in [1.29, 1.82) is 0 Å². The first-order valence-corrected chi connectivity index (χ1v) is 7.11. The number of carbonyl (C=O) groups excluding carboxylic acids is 2. The van der Waals surface area contributed by atoms with E-state index in [1.807, 2.05) is 18.2 Å². The van der Waals surface area contributed by atoms with E-state index in [1.54, 1.807) is 32.2 Å². The highest BCUT2D eigenvalue weighted by molar-refractivity contribution is 5.99. The summed E-state index contributed by atoms with van der Waals surface area (Å²) in [6.07, 6.45) is 2.97. The van der Waals surface area contributed by atoms with Gasteiger partial charge in [0.05, 0.1) is 23.8 Å². The predicted octanol–water partition coefficient (Wildman–Crippen LogP) is 3.33. The Morgan fingerprint density at radius 3 is 2.62 bits per heavy atom. The number of hydrogen-bond donors (Lipinski definition) is 0. The zero-order valence-corrected chi connectivity index (χ0v) is 12.3. The second-order valence-electron chi connectivity index (χ2n) is 5.20. The van der Waals surface area contributed by atoms with Gasteiger partial charge in [0.2, 0.25) is 0 Å². The van der Waals surface area contributed by atoms with Gasteiger partial charge in [-0.3, -0.25) is 9.79 Å². The van der Waals surface area contributed by atoms with Crippen molar-refractivity contribution >= 4 is 18.0 Å². The van der Waals surface area contributed by atoms with Crippen molar-refractivity contribution in [3.63, 3.8) is 0 Å². The summed E-state index contributed by atoms with van der Waals surface area (Å²) in [6, 6.07) is 9.03. The maximum atomic E-state index is 12.2. The average molecular weight is 285 g/mol. The lowest BCUT2D eigenvalue weighted by molar-refractivity contribution is -0.142. The van der Waals surface area contributed by atoms with Crippen molar-refractivity contribution in [2.75, 3.05) is 0 Å². The number of Topliss-reactive ketones (excluding diaryl/α,β-unsaturated/α-hetero) is 1. The molecule has 110 valence electrons. The zero-order valence-electron chi connectivity index (χ0n) is 12.3. The fraction of sp³-hybridized carbons (Fsp3) is 0.353. The summed E-state index contributed by atoms with van der Waals surface area (Å²) in [5.74, 6) is -0.405. The smallest absolute Gasteiger partial charge is 0.336 e. The highest BCUT2D eigenvalue weighted by Gasteiger charge is 2.21. The molecule has 1 heterocycles. The highest BCUT2D eigenvalue weighted by atomic mass is 16.5. The molecule has 2 rings (SSSR count). The summed E-state index contributed by atoms with van der Waals surface area (Å²) in [7, 11) is 0. The Bertz CT molecular complexity index is 585. The van der Waals surface area contributed by atoms with Crippen LogP contribution in [0.5, 0.6) is 0 Å². The van der Waals surface area contributed by atoms with Gasteiger partial charge in [-0.15, -0.1) is 0 Å². The quantitative estimate of drug-likeness (QED) is 0.616. The minimum Gasteiger partial charge on any atom is -0.460 e. The molecule has 0 saturated carbocycles. The Kier molecular flexibility index (Phi) is 5.04. The molecule has 0 unspecified atom stereocenters. The number of esters is 1. The summed E-state index contributed by atoms with van der Waals surface area (Å²) in [5.41, 5.74) is 1.68. The van der Waals surface area contributed by atoms with Crippen LogP contribution in [0.1, 0.15) is 43.5 Å². The summed E-state index contributed by atoms with van der Waals surface area (Å²) < 4.78 is 5.23. The van der Waals surface area contributed by atoms with Crippen LogP contribution in [0.15, 0.2) is 46.6 Å². The maximum Gasteiger partial charge on any atom is 0.336 e. The van der Waals surface area contributed by atoms with Gasteiger partial charge in [-0.05, 0) is 26.7 Å². The molecule has 0 atom stereocenters. The molecule has 21 heavy (non-hydrogen) atoms. The molecule has 0 radical (unpaired) electrons. The number of ketones is 1. The van der Waals surface area contributed by atoms with E-state index in [-0.39, 0.29) is 24.3 Å². The van der Waals surface area contributed by atoms with E-state index >= 15 is 0 Å². The molecular weight excluding hydrogens is 266 g/mol. The van der Waals surface area contributed by atoms with Crippen molar-refractivity contribution in [3.05, 3.63) is 47.2 Å². The molecule has 1 aromatic rings. The molecule has 1 aliphatic heterocycles. The summed E-state index contributed by atoms with van der Waals surface area (Å²) >= 11 is 0. The van der Waals surface area contributed by atoms with Gasteiger partial charge in [-0.2, -0.15) is 0 Å². The second-order valence-corrected chi connectivity index (χ2v) is 5.20. The molecule has 0 amide bonds. The van der Waals surface area contributed by atoms with Crippen molar-refractivity contribution in [2.24, 2.45) is 4.99 Å². The van der Waals surface area contributed by atoms with Gasteiger partial charge >= 0.3 is 5.97 Å². The summed E-state index contributed by atoms with van der Waals surface area (Å²) in [6.45, 7) is 3.61. The minimum atomic E-state index is -0.363. The normalized spacial score (nSPS) is 14.4. The molecule has 0 saturated heterocycles. The molecule has 0 N–H and O–H groups in total.